The summed E-state index contributed by atoms with van der Waals surface area (Å²) in [6, 6.07) is 28.1. The molecule has 16 heteroatoms. The van der Waals surface area contributed by atoms with E-state index in [0.717, 1.165) is 41.7 Å². The summed E-state index contributed by atoms with van der Waals surface area (Å²) >= 11 is 3.38. The Morgan fingerprint density at radius 1 is 0.629 bits per heavy atom. The molecule has 62 heavy (non-hydrogen) atoms. The summed E-state index contributed by atoms with van der Waals surface area (Å²) in [6.07, 6.45) is 9.90. The maximum atomic E-state index is 13.9. The Kier molecular flexibility index (Phi) is 11.2. The van der Waals surface area contributed by atoms with Crippen LogP contribution in [0.2, 0.25) is 0 Å². The number of aromatic amines is 2. The van der Waals surface area contributed by atoms with Crippen LogP contribution in [-0.2, 0) is 19.1 Å². The highest BCUT2D eigenvalue weighted by Crippen LogP contribution is 2.42. The Morgan fingerprint density at radius 2 is 1.08 bits per heavy atom. The smallest absolute Gasteiger partial charge is 0.407 e. The number of aromatic nitrogens is 4. The van der Waals surface area contributed by atoms with Gasteiger partial charge in [0.15, 0.2) is 0 Å². The zero-order valence-corrected chi connectivity index (χ0v) is 35.1. The van der Waals surface area contributed by atoms with Crippen molar-refractivity contribution >= 4 is 56.1 Å². The fraction of sp³-hybridized carbons (Fsp3) is 0.174. The third-order valence-corrected chi connectivity index (χ3v) is 13.2. The molecular formula is C46H40N8O6S2. The molecule has 4 amide bonds. The molecule has 0 radical (unpaired) electrons. The molecule has 0 saturated carbocycles. The average Bonchev–Trinajstić information content (AvgIpc) is 4.17. The molecule has 4 atom stereocenters. The zero-order valence-electron chi connectivity index (χ0n) is 33.5. The van der Waals surface area contributed by atoms with Crippen LogP contribution in [0.5, 0.6) is 0 Å². The molecule has 0 spiro atoms. The Bertz CT molecular complexity index is 2780. The van der Waals surface area contributed by atoms with Crippen molar-refractivity contribution in [2.24, 2.45) is 0 Å². The molecule has 3 aromatic carbocycles. The molecule has 0 aliphatic carbocycles. The number of methoxy groups -OCH3 is 2. The summed E-state index contributed by atoms with van der Waals surface area (Å²) < 4.78 is 11.9. The van der Waals surface area contributed by atoms with Crippen LogP contribution in [0.4, 0.5) is 9.59 Å². The van der Waals surface area contributed by atoms with E-state index in [2.05, 4.69) is 67.0 Å². The van der Waals surface area contributed by atoms with E-state index in [-0.39, 0.29) is 11.8 Å². The second kappa shape index (κ2) is 17.4. The number of H-pyrrole nitrogens is 2. The zero-order chi connectivity index (χ0) is 42.7. The molecule has 2 aliphatic heterocycles. The van der Waals surface area contributed by atoms with Crippen LogP contribution in [0.3, 0.4) is 0 Å². The maximum Gasteiger partial charge on any atom is 0.407 e. The van der Waals surface area contributed by atoms with Gasteiger partial charge >= 0.3 is 12.2 Å². The van der Waals surface area contributed by atoms with Gasteiger partial charge in [-0.2, -0.15) is 0 Å². The average molecular weight is 865 g/mol. The highest BCUT2D eigenvalue weighted by atomic mass is 32.1. The van der Waals surface area contributed by atoms with Gasteiger partial charge in [0, 0.05) is 27.4 Å². The predicted octanol–water partition coefficient (Wildman–Crippen LogP) is 8.48. The first kappa shape index (κ1) is 40.1. The van der Waals surface area contributed by atoms with Gasteiger partial charge in [0.05, 0.1) is 42.9 Å². The van der Waals surface area contributed by atoms with Crippen molar-refractivity contribution in [1.29, 1.82) is 0 Å². The van der Waals surface area contributed by atoms with Crippen molar-refractivity contribution < 1.29 is 28.7 Å². The summed E-state index contributed by atoms with van der Waals surface area (Å²) in [7, 11) is 2.54. The van der Waals surface area contributed by atoms with Gasteiger partial charge in [-0.1, -0.05) is 109 Å². The number of thiophene rings is 2. The summed E-state index contributed by atoms with van der Waals surface area (Å²) in [5.74, 6) is 0.698. The predicted molar refractivity (Wildman–Crippen MR) is 237 cm³/mol. The van der Waals surface area contributed by atoms with Crippen molar-refractivity contribution in [3.05, 3.63) is 157 Å². The molecule has 2 unspecified atom stereocenters. The first-order chi connectivity index (χ1) is 30.3. The number of benzene rings is 3. The van der Waals surface area contributed by atoms with Crippen molar-refractivity contribution in [2.75, 3.05) is 27.3 Å². The standard InChI is InChI=1S/C46H40N8O6S2/c1-59-45(57)51-39(29-11-5-3-6-12-29)43(55)53-21-9-15-33(53)41-47-25-31(49-41)27-17-19-28(20-18-27)35-23-37-38(61-35)24-36(62-37)32-26-48-42(50-32)34-16-10-22-54(34)44(56)40(52-46(58)60-2)30-13-7-4-8-14-30/h3-20,23-26,33-34,39-40H,21-22H2,1-2H3,(H,47,49)(H,48,50)(H,51,57)(H,52,58)/t33?,34?,39-,40-/m1/s1. The maximum absolute atomic E-state index is 13.9. The lowest BCUT2D eigenvalue weighted by molar-refractivity contribution is -0.134. The van der Waals surface area contributed by atoms with Crippen LogP contribution in [0.15, 0.2) is 134 Å². The lowest BCUT2D eigenvalue weighted by Crippen LogP contribution is -2.43. The minimum atomic E-state index is -0.922. The summed E-state index contributed by atoms with van der Waals surface area (Å²) in [4.78, 5) is 74.0. The largest absolute Gasteiger partial charge is 0.453 e. The number of carbonyl (C=O) groups excluding carboxylic acids is 4. The SMILES string of the molecule is COC(=O)N[C@@H](C(=O)N1CC=CC1c1ncc(-c2ccc(-c3cc4sc(-c5cnc(C6C=CCN6C(=O)[C@H](NC(=O)OC)c6ccccc6)[nH]5)cc4s3)cc2)[nH]1)c1ccccc1. The van der Waals surface area contributed by atoms with E-state index in [9.17, 15) is 19.2 Å². The van der Waals surface area contributed by atoms with Gasteiger partial charge in [-0.15, -0.1) is 22.7 Å². The lowest BCUT2D eigenvalue weighted by Gasteiger charge is -2.28. The lowest BCUT2D eigenvalue weighted by atomic mass is 10.1. The summed E-state index contributed by atoms with van der Waals surface area (Å²) in [6.45, 7) is 0.748. The van der Waals surface area contributed by atoms with Crippen molar-refractivity contribution in [3.63, 3.8) is 0 Å². The fourth-order valence-corrected chi connectivity index (χ4v) is 10.1. The monoisotopic (exact) mass is 864 g/mol. The van der Waals surface area contributed by atoms with Gasteiger partial charge in [0.25, 0.3) is 11.8 Å². The quantitative estimate of drug-likeness (QED) is 0.0937. The number of amides is 4. The Labute approximate surface area is 363 Å². The first-order valence-corrected chi connectivity index (χ1v) is 21.4. The third-order valence-electron chi connectivity index (χ3n) is 10.8. The number of fused-ring (bicyclic) bond motifs is 1. The van der Waals surface area contributed by atoms with Gasteiger partial charge in [-0.05, 0) is 34.4 Å². The molecule has 0 saturated heterocycles. The van der Waals surface area contributed by atoms with Gasteiger partial charge in [0.1, 0.15) is 35.8 Å². The summed E-state index contributed by atoms with van der Waals surface area (Å²) in [5.41, 5.74) is 5.01. The Morgan fingerprint density at radius 3 is 1.60 bits per heavy atom. The van der Waals surface area contributed by atoms with E-state index in [1.807, 2.05) is 60.7 Å². The molecule has 0 bridgehead atoms. The van der Waals surface area contributed by atoms with E-state index in [1.54, 1.807) is 69.1 Å². The third kappa shape index (κ3) is 8.00. The minimum absolute atomic E-state index is 0.271. The second-order valence-electron chi connectivity index (χ2n) is 14.6. The highest BCUT2D eigenvalue weighted by Gasteiger charge is 2.36. The van der Waals surface area contributed by atoms with E-state index in [0.29, 0.717) is 35.9 Å². The van der Waals surface area contributed by atoms with Crippen LogP contribution in [-0.4, -0.2) is 81.0 Å². The number of nitrogens with zero attached hydrogens (tertiary/aromatic N) is 4. The number of nitrogens with one attached hydrogen (secondary N) is 4. The molecule has 4 N–H and O–H groups in total. The van der Waals surface area contributed by atoms with Crippen molar-refractivity contribution in [3.8, 4) is 32.3 Å². The van der Waals surface area contributed by atoms with E-state index in [1.165, 1.54) is 14.2 Å². The van der Waals surface area contributed by atoms with Crippen LogP contribution in [0, 0.1) is 0 Å². The van der Waals surface area contributed by atoms with Gasteiger partial charge in [-0.25, -0.2) is 19.6 Å². The van der Waals surface area contributed by atoms with E-state index < -0.39 is 36.4 Å². The number of imidazole rings is 2. The number of carbonyl (C=O) groups is 4. The normalized spacial score (nSPS) is 16.7. The molecular weight excluding hydrogens is 825 g/mol. The molecule has 7 aromatic rings. The van der Waals surface area contributed by atoms with Crippen LogP contribution in [0.1, 0.15) is 46.9 Å². The van der Waals surface area contributed by atoms with Crippen LogP contribution < -0.4 is 10.6 Å². The molecule has 0 fully saturated rings. The Balaban J connectivity index is 0.872. The number of rotatable bonds is 11. The summed E-state index contributed by atoms with van der Waals surface area (Å²) in [5, 5.41) is 5.38. The molecule has 14 nitrogen and oxygen atoms in total. The number of hydrogen-bond acceptors (Lipinski definition) is 10. The van der Waals surface area contributed by atoms with E-state index in [4.69, 9.17) is 9.47 Å². The highest BCUT2D eigenvalue weighted by molar-refractivity contribution is 7.31. The number of alkyl carbamates (subject to hydrolysis) is 2. The van der Waals surface area contributed by atoms with Crippen molar-refractivity contribution in [2.45, 2.75) is 24.2 Å². The Hall–Kier alpha value is -7.30. The molecule has 2 aliphatic rings. The van der Waals surface area contributed by atoms with Crippen LogP contribution in [0.25, 0.3) is 41.7 Å². The molecule has 9 rings (SSSR count). The second-order valence-corrected chi connectivity index (χ2v) is 16.7. The van der Waals surface area contributed by atoms with Gasteiger partial charge in [-0.3, -0.25) is 9.59 Å². The fourth-order valence-electron chi connectivity index (χ4n) is 7.70. The molecule has 6 heterocycles. The van der Waals surface area contributed by atoms with Crippen LogP contribution >= 0.6 is 22.7 Å². The minimum Gasteiger partial charge on any atom is -0.453 e. The van der Waals surface area contributed by atoms with E-state index >= 15 is 0 Å². The van der Waals surface area contributed by atoms with Crippen molar-refractivity contribution in [1.82, 2.24) is 40.4 Å². The molecule has 312 valence electrons. The number of ether oxygens (including phenoxy) is 2. The van der Waals surface area contributed by atoms with Gasteiger partial charge < -0.3 is 39.9 Å². The topological polar surface area (TPSA) is 175 Å². The number of hydrogen-bond donors (Lipinski definition) is 4. The first-order valence-electron chi connectivity index (χ1n) is 19.8. The van der Waals surface area contributed by atoms with Gasteiger partial charge in [0.2, 0.25) is 0 Å². The molecule has 4 aromatic heterocycles.